The Morgan fingerprint density at radius 2 is 2.11 bits per heavy atom. The van der Waals surface area contributed by atoms with Crippen LogP contribution in [0.25, 0.3) is 0 Å². The topological polar surface area (TPSA) is 66.6 Å². The Kier molecular flexibility index (Phi) is 6.07. The lowest BCUT2D eigenvalue weighted by Gasteiger charge is -2.20. The summed E-state index contributed by atoms with van der Waals surface area (Å²) in [5.74, 6) is 0. The molecule has 0 saturated heterocycles. The summed E-state index contributed by atoms with van der Waals surface area (Å²) in [6, 6.07) is 4.76. The molecular weight excluding hydrogens is 300 g/mol. The molecule has 1 aromatic rings. The van der Waals surface area contributed by atoms with Gasteiger partial charge in [0.2, 0.25) is 0 Å². The average molecular weight is 317 g/mol. The number of nitro groups is 1. The molecule has 0 saturated carbocycles. The summed E-state index contributed by atoms with van der Waals surface area (Å²) in [5, 5.41) is 19.3. The standard InChI is InChI=1S/C12H17BrN2O3/c1-14(7-3-2-4-8-16)12-6-5-10(15(17)18)9-11(12)13/h5-6,9,16H,2-4,7-8H2,1H3. The summed E-state index contributed by atoms with van der Waals surface area (Å²) in [7, 11) is 1.95. The zero-order chi connectivity index (χ0) is 13.5. The Hall–Kier alpha value is -1.14. The number of aliphatic hydroxyl groups is 1. The summed E-state index contributed by atoms with van der Waals surface area (Å²) in [6.07, 6.45) is 2.78. The van der Waals surface area contributed by atoms with Crippen LogP contribution in [0.2, 0.25) is 0 Å². The van der Waals surface area contributed by atoms with E-state index in [0.29, 0.717) is 0 Å². The van der Waals surface area contributed by atoms with Crippen molar-refractivity contribution in [2.45, 2.75) is 19.3 Å². The van der Waals surface area contributed by atoms with E-state index in [1.165, 1.54) is 12.1 Å². The molecule has 0 aliphatic rings. The van der Waals surface area contributed by atoms with Crippen LogP contribution in [0.5, 0.6) is 0 Å². The van der Waals surface area contributed by atoms with Gasteiger partial charge in [0.1, 0.15) is 0 Å². The summed E-state index contributed by atoms with van der Waals surface area (Å²) in [6.45, 7) is 1.08. The molecule has 0 radical (unpaired) electrons. The van der Waals surface area contributed by atoms with Crippen LogP contribution in [0, 0.1) is 10.1 Å². The number of rotatable bonds is 7. The second kappa shape index (κ2) is 7.33. The molecule has 0 bridgehead atoms. The van der Waals surface area contributed by atoms with Gasteiger partial charge in [-0.05, 0) is 41.3 Å². The number of benzene rings is 1. The first-order chi connectivity index (χ1) is 8.56. The van der Waals surface area contributed by atoms with Crippen LogP contribution >= 0.6 is 15.9 Å². The van der Waals surface area contributed by atoms with Gasteiger partial charge in [0.05, 0.1) is 10.6 Å². The lowest BCUT2D eigenvalue weighted by atomic mass is 10.2. The predicted molar refractivity (Wildman–Crippen MR) is 75.0 cm³/mol. The van der Waals surface area contributed by atoms with Gasteiger partial charge in [-0.2, -0.15) is 0 Å². The van der Waals surface area contributed by atoms with E-state index in [2.05, 4.69) is 15.9 Å². The van der Waals surface area contributed by atoms with Crippen molar-refractivity contribution in [3.05, 3.63) is 32.8 Å². The van der Waals surface area contributed by atoms with Crippen LogP contribution in [0.3, 0.4) is 0 Å². The lowest BCUT2D eigenvalue weighted by Crippen LogP contribution is -2.19. The van der Waals surface area contributed by atoms with Gasteiger partial charge in [0, 0.05) is 36.8 Å². The fourth-order valence-electron chi connectivity index (χ4n) is 1.68. The third-order valence-electron chi connectivity index (χ3n) is 2.70. The van der Waals surface area contributed by atoms with E-state index >= 15 is 0 Å². The Morgan fingerprint density at radius 1 is 1.39 bits per heavy atom. The molecule has 18 heavy (non-hydrogen) atoms. The van der Waals surface area contributed by atoms with E-state index in [4.69, 9.17) is 5.11 Å². The molecule has 0 amide bonds. The average Bonchev–Trinajstić information content (AvgIpc) is 2.34. The fourth-order valence-corrected chi connectivity index (χ4v) is 2.35. The quantitative estimate of drug-likeness (QED) is 0.477. The van der Waals surface area contributed by atoms with E-state index in [1.54, 1.807) is 6.07 Å². The number of hydrogen-bond acceptors (Lipinski definition) is 4. The van der Waals surface area contributed by atoms with Crippen molar-refractivity contribution in [2.75, 3.05) is 25.1 Å². The maximum Gasteiger partial charge on any atom is 0.270 e. The zero-order valence-electron chi connectivity index (χ0n) is 10.3. The minimum Gasteiger partial charge on any atom is -0.396 e. The highest BCUT2D eigenvalue weighted by molar-refractivity contribution is 9.10. The molecule has 0 aromatic heterocycles. The lowest BCUT2D eigenvalue weighted by molar-refractivity contribution is -0.384. The van der Waals surface area contributed by atoms with Crippen molar-refractivity contribution in [1.82, 2.24) is 0 Å². The van der Waals surface area contributed by atoms with Crippen LogP contribution in [0.15, 0.2) is 22.7 Å². The SMILES string of the molecule is CN(CCCCCO)c1ccc([N+](=O)[O-])cc1Br. The number of unbranched alkanes of at least 4 members (excludes halogenated alkanes) is 2. The first-order valence-electron chi connectivity index (χ1n) is 5.82. The molecule has 0 aliphatic carbocycles. The number of aliphatic hydroxyl groups excluding tert-OH is 1. The van der Waals surface area contributed by atoms with Gasteiger partial charge in [-0.25, -0.2) is 0 Å². The zero-order valence-corrected chi connectivity index (χ0v) is 11.9. The van der Waals surface area contributed by atoms with E-state index in [9.17, 15) is 10.1 Å². The van der Waals surface area contributed by atoms with Crippen LogP contribution in [-0.2, 0) is 0 Å². The van der Waals surface area contributed by atoms with E-state index in [0.717, 1.165) is 36.0 Å². The molecule has 5 nitrogen and oxygen atoms in total. The number of nitro benzene ring substituents is 1. The minimum absolute atomic E-state index is 0.0827. The molecule has 0 heterocycles. The normalized spacial score (nSPS) is 10.4. The van der Waals surface area contributed by atoms with Crippen molar-refractivity contribution >= 4 is 27.3 Å². The predicted octanol–water partition coefficient (Wildman–Crippen LogP) is 2.96. The Bertz CT molecular complexity index is 412. The highest BCUT2D eigenvalue weighted by atomic mass is 79.9. The molecule has 100 valence electrons. The van der Waals surface area contributed by atoms with Gasteiger partial charge < -0.3 is 10.0 Å². The van der Waals surface area contributed by atoms with Gasteiger partial charge >= 0.3 is 0 Å². The van der Waals surface area contributed by atoms with Crippen molar-refractivity contribution < 1.29 is 10.0 Å². The van der Waals surface area contributed by atoms with Gasteiger partial charge in [-0.15, -0.1) is 0 Å². The molecule has 1 N–H and O–H groups in total. The van der Waals surface area contributed by atoms with Crippen molar-refractivity contribution in [3.8, 4) is 0 Å². The number of hydrogen-bond donors (Lipinski definition) is 1. The summed E-state index contributed by atoms with van der Waals surface area (Å²) < 4.78 is 0.723. The highest BCUT2D eigenvalue weighted by Crippen LogP contribution is 2.29. The van der Waals surface area contributed by atoms with Crippen molar-refractivity contribution in [1.29, 1.82) is 0 Å². The third-order valence-corrected chi connectivity index (χ3v) is 3.34. The smallest absolute Gasteiger partial charge is 0.270 e. The van der Waals surface area contributed by atoms with E-state index in [1.807, 2.05) is 11.9 Å². The largest absolute Gasteiger partial charge is 0.396 e. The molecular formula is C12H17BrN2O3. The molecule has 0 unspecified atom stereocenters. The monoisotopic (exact) mass is 316 g/mol. The molecule has 0 atom stereocenters. The van der Waals surface area contributed by atoms with Crippen LogP contribution in [-0.4, -0.2) is 30.2 Å². The highest BCUT2D eigenvalue weighted by Gasteiger charge is 2.11. The number of nitrogens with zero attached hydrogens (tertiary/aromatic N) is 2. The van der Waals surface area contributed by atoms with Gasteiger partial charge in [-0.1, -0.05) is 0 Å². The van der Waals surface area contributed by atoms with Gasteiger partial charge in [-0.3, -0.25) is 10.1 Å². The maximum atomic E-state index is 10.6. The Labute approximate surface area is 115 Å². The third kappa shape index (κ3) is 4.27. The van der Waals surface area contributed by atoms with Crippen molar-refractivity contribution in [2.24, 2.45) is 0 Å². The minimum atomic E-state index is -0.407. The molecule has 0 fully saturated rings. The summed E-state index contributed by atoms with van der Waals surface area (Å²) in [5.41, 5.74) is 1.02. The summed E-state index contributed by atoms with van der Waals surface area (Å²) in [4.78, 5) is 12.3. The number of non-ortho nitro benzene ring substituents is 1. The second-order valence-corrected chi connectivity index (χ2v) is 4.95. The number of halogens is 1. The molecule has 6 heteroatoms. The van der Waals surface area contributed by atoms with Crippen LogP contribution in [0.4, 0.5) is 11.4 Å². The molecule has 0 aliphatic heterocycles. The first kappa shape index (κ1) is 14.9. The number of anilines is 1. The first-order valence-corrected chi connectivity index (χ1v) is 6.61. The van der Waals surface area contributed by atoms with Crippen LogP contribution in [0.1, 0.15) is 19.3 Å². The fraction of sp³-hybridized carbons (Fsp3) is 0.500. The Morgan fingerprint density at radius 3 is 2.67 bits per heavy atom. The second-order valence-electron chi connectivity index (χ2n) is 4.10. The van der Waals surface area contributed by atoms with Crippen LogP contribution < -0.4 is 4.90 Å². The van der Waals surface area contributed by atoms with E-state index < -0.39 is 4.92 Å². The van der Waals surface area contributed by atoms with Gasteiger partial charge in [0.25, 0.3) is 5.69 Å². The van der Waals surface area contributed by atoms with Crippen molar-refractivity contribution in [3.63, 3.8) is 0 Å². The summed E-state index contributed by atoms with van der Waals surface area (Å²) >= 11 is 3.35. The molecule has 1 rings (SSSR count). The van der Waals surface area contributed by atoms with Gasteiger partial charge in [0.15, 0.2) is 0 Å². The maximum absolute atomic E-state index is 10.6. The van der Waals surface area contributed by atoms with E-state index in [-0.39, 0.29) is 12.3 Å². The molecule has 0 spiro atoms. The Balaban J connectivity index is 2.62. The molecule has 1 aromatic carbocycles.